The van der Waals surface area contributed by atoms with Crippen molar-refractivity contribution in [1.29, 1.82) is 0 Å². The van der Waals surface area contributed by atoms with Gasteiger partial charge in [-0.1, -0.05) is 44.5 Å². The van der Waals surface area contributed by atoms with E-state index in [9.17, 15) is 0 Å². The first-order valence-electron chi connectivity index (χ1n) is 8.25. The molecular formula is C18H29ClN2. The Labute approximate surface area is 134 Å². The molecular weight excluding hydrogens is 280 g/mol. The summed E-state index contributed by atoms with van der Waals surface area (Å²) in [4.78, 5) is 2.71. The van der Waals surface area contributed by atoms with Crippen LogP contribution in [-0.4, -0.2) is 30.1 Å². The molecule has 118 valence electrons. The lowest BCUT2D eigenvalue weighted by Crippen LogP contribution is -2.56. The van der Waals surface area contributed by atoms with Crippen molar-refractivity contribution in [2.75, 3.05) is 13.1 Å². The van der Waals surface area contributed by atoms with E-state index >= 15 is 0 Å². The van der Waals surface area contributed by atoms with Crippen molar-refractivity contribution >= 4 is 11.6 Å². The topological polar surface area (TPSA) is 15.3 Å². The van der Waals surface area contributed by atoms with Crippen molar-refractivity contribution < 1.29 is 0 Å². The Morgan fingerprint density at radius 1 is 1.29 bits per heavy atom. The summed E-state index contributed by atoms with van der Waals surface area (Å²) >= 11 is 6.06. The Bertz CT molecular complexity index is 429. The maximum atomic E-state index is 6.06. The van der Waals surface area contributed by atoms with Crippen LogP contribution in [0.3, 0.4) is 0 Å². The van der Waals surface area contributed by atoms with Gasteiger partial charge in [-0.25, -0.2) is 0 Å². The number of nitrogens with one attached hydrogen (secondary N) is 1. The molecule has 0 bridgehead atoms. The summed E-state index contributed by atoms with van der Waals surface area (Å²) in [5.74, 6) is 0.688. The summed E-state index contributed by atoms with van der Waals surface area (Å²) in [5.41, 5.74) is 1.40. The molecule has 3 heteroatoms. The van der Waals surface area contributed by atoms with Gasteiger partial charge in [-0.15, -0.1) is 0 Å². The summed E-state index contributed by atoms with van der Waals surface area (Å²) in [7, 11) is 0. The SMILES string of the molecule is CC[C@@H]1CN[C@@H](C)CN1C(CC(C)C)c1ccc(Cl)cc1. The van der Waals surface area contributed by atoms with Crippen molar-refractivity contribution in [2.24, 2.45) is 5.92 Å². The summed E-state index contributed by atoms with van der Waals surface area (Å²) in [5, 5.41) is 4.44. The lowest BCUT2D eigenvalue weighted by Gasteiger charge is -2.44. The van der Waals surface area contributed by atoms with Gasteiger partial charge in [0, 0.05) is 36.2 Å². The molecule has 0 aliphatic carbocycles. The molecule has 2 rings (SSSR count). The molecule has 1 saturated heterocycles. The quantitative estimate of drug-likeness (QED) is 0.861. The highest BCUT2D eigenvalue weighted by molar-refractivity contribution is 6.30. The highest BCUT2D eigenvalue weighted by atomic mass is 35.5. The molecule has 1 aliphatic heterocycles. The van der Waals surface area contributed by atoms with Crippen LogP contribution >= 0.6 is 11.6 Å². The molecule has 1 heterocycles. The van der Waals surface area contributed by atoms with Gasteiger partial charge in [0.15, 0.2) is 0 Å². The summed E-state index contributed by atoms with van der Waals surface area (Å²) in [6, 6.07) is 10.1. The third kappa shape index (κ3) is 4.45. The predicted molar refractivity (Wildman–Crippen MR) is 91.9 cm³/mol. The van der Waals surface area contributed by atoms with Crippen LogP contribution in [0, 0.1) is 5.92 Å². The van der Waals surface area contributed by atoms with E-state index in [-0.39, 0.29) is 0 Å². The maximum Gasteiger partial charge on any atom is 0.0406 e. The van der Waals surface area contributed by atoms with Crippen LogP contribution in [0.2, 0.25) is 5.02 Å². The number of hydrogen-bond acceptors (Lipinski definition) is 2. The Hall–Kier alpha value is -0.570. The normalized spacial score (nSPS) is 25.2. The van der Waals surface area contributed by atoms with Crippen molar-refractivity contribution in [3.8, 4) is 0 Å². The van der Waals surface area contributed by atoms with E-state index in [4.69, 9.17) is 11.6 Å². The van der Waals surface area contributed by atoms with Crippen LogP contribution in [0.1, 0.15) is 52.1 Å². The number of rotatable bonds is 5. The first-order valence-corrected chi connectivity index (χ1v) is 8.63. The second kappa shape index (κ2) is 7.62. The van der Waals surface area contributed by atoms with E-state index < -0.39 is 0 Å². The fourth-order valence-electron chi connectivity index (χ4n) is 3.34. The van der Waals surface area contributed by atoms with Gasteiger partial charge in [-0.3, -0.25) is 4.90 Å². The van der Waals surface area contributed by atoms with Gasteiger partial charge >= 0.3 is 0 Å². The Balaban J connectivity index is 2.26. The number of nitrogens with zero attached hydrogens (tertiary/aromatic N) is 1. The fourth-order valence-corrected chi connectivity index (χ4v) is 3.47. The fraction of sp³-hybridized carbons (Fsp3) is 0.667. The molecule has 0 aromatic heterocycles. The Kier molecular flexibility index (Phi) is 6.09. The van der Waals surface area contributed by atoms with Crippen molar-refractivity contribution in [2.45, 2.75) is 58.7 Å². The molecule has 3 atom stereocenters. The van der Waals surface area contributed by atoms with Crippen LogP contribution in [0.15, 0.2) is 24.3 Å². The van der Waals surface area contributed by atoms with Crippen LogP contribution < -0.4 is 5.32 Å². The van der Waals surface area contributed by atoms with Crippen molar-refractivity contribution in [3.05, 3.63) is 34.9 Å². The van der Waals surface area contributed by atoms with E-state index in [1.807, 2.05) is 12.1 Å². The van der Waals surface area contributed by atoms with E-state index in [0.717, 1.165) is 18.1 Å². The predicted octanol–water partition coefficient (Wildman–Crippen LogP) is 4.50. The molecule has 0 spiro atoms. The molecule has 1 aromatic rings. The van der Waals surface area contributed by atoms with Crippen LogP contribution in [-0.2, 0) is 0 Å². The van der Waals surface area contributed by atoms with Crippen molar-refractivity contribution in [3.63, 3.8) is 0 Å². The summed E-state index contributed by atoms with van der Waals surface area (Å²) in [6.07, 6.45) is 2.40. The van der Waals surface area contributed by atoms with Gasteiger partial charge in [0.25, 0.3) is 0 Å². The third-order valence-corrected chi connectivity index (χ3v) is 4.73. The second-order valence-electron chi connectivity index (χ2n) is 6.77. The van der Waals surface area contributed by atoms with E-state index in [1.54, 1.807) is 0 Å². The molecule has 1 N–H and O–H groups in total. The maximum absolute atomic E-state index is 6.06. The number of hydrogen-bond donors (Lipinski definition) is 1. The van der Waals surface area contributed by atoms with Gasteiger partial charge in [0.1, 0.15) is 0 Å². The first kappa shape index (κ1) is 16.8. The molecule has 1 unspecified atom stereocenters. The Morgan fingerprint density at radius 2 is 1.95 bits per heavy atom. The molecule has 0 amide bonds. The minimum absolute atomic E-state index is 0.497. The van der Waals surface area contributed by atoms with E-state index in [1.165, 1.54) is 18.4 Å². The van der Waals surface area contributed by atoms with Crippen LogP contribution in [0.5, 0.6) is 0 Å². The van der Waals surface area contributed by atoms with Gasteiger partial charge in [-0.2, -0.15) is 0 Å². The van der Waals surface area contributed by atoms with E-state index in [2.05, 4.69) is 50.0 Å². The number of piperazine rings is 1. The van der Waals surface area contributed by atoms with Gasteiger partial charge in [0.05, 0.1) is 0 Å². The summed E-state index contributed by atoms with van der Waals surface area (Å²) < 4.78 is 0. The van der Waals surface area contributed by atoms with Gasteiger partial charge in [-0.05, 0) is 43.4 Å². The average molecular weight is 309 g/mol. The standard InChI is InChI=1S/C18H29ClN2/c1-5-17-11-20-14(4)12-21(17)18(10-13(2)3)15-6-8-16(19)9-7-15/h6-9,13-14,17-18,20H,5,10-12H2,1-4H3/t14-,17+,18?/m0/s1. The van der Waals surface area contributed by atoms with E-state index in [0.29, 0.717) is 24.0 Å². The van der Waals surface area contributed by atoms with Crippen molar-refractivity contribution in [1.82, 2.24) is 10.2 Å². The monoisotopic (exact) mass is 308 g/mol. The minimum atomic E-state index is 0.497. The largest absolute Gasteiger partial charge is 0.311 e. The zero-order valence-electron chi connectivity index (χ0n) is 13.8. The zero-order valence-corrected chi connectivity index (χ0v) is 14.5. The number of halogens is 1. The smallest absolute Gasteiger partial charge is 0.0406 e. The minimum Gasteiger partial charge on any atom is -0.311 e. The lowest BCUT2D eigenvalue weighted by molar-refractivity contribution is 0.0711. The molecule has 0 radical (unpaired) electrons. The molecule has 2 nitrogen and oxygen atoms in total. The molecule has 1 fully saturated rings. The lowest BCUT2D eigenvalue weighted by atomic mass is 9.92. The van der Waals surface area contributed by atoms with Crippen LogP contribution in [0.4, 0.5) is 0 Å². The molecule has 0 saturated carbocycles. The third-order valence-electron chi connectivity index (χ3n) is 4.48. The highest BCUT2D eigenvalue weighted by Gasteiger charge is 2.31. The number of benzene rings is 1. The average Bonchev–Trinajstić information content (AvgIpc) is 2.45. The molecule has 1 aromatic carbocycles. The highest BCUT2D eigenvalue weighted by Crippen LogP contribution is 2.32. The zero-order chi connectivity index (χ0) is 15.4. The van der Waals surface area contributed by atoms with Gasteiger partial charge < -0.3 is 5.32 Å². The summed E-state index contributed by atoms with van der Waals surface area (Å²) in [6.45, 7) is 11.4. The Morgan fingerprint density at radius 3 is 2.52 bits per heavy atom. The second-order valence-corrected chi connectivity index (χ2v) is 7.20. The van der Waals surface area contributed by atoms with Crippen LogP contribution in [0.25, 0.3) is 0 Å². The molecule has 21 heavy (non-hydrogen) atoms. The van der Waals surface area contributed by atoms with Gasteiger partial charge in [0.2, 0.25) is 0 Å². The molecule has 1 aliphatic rings. The first-order chi connectivity index (χ1) is 10.0.